The van der Waals surface area contributed by atoms with Crippen LogP contribution in [-0.2, 0) is 16.1 Å². The summed E-state index contributed by atoms with van der Waals surface area (Å²) in [6.45, 7) is 3.67. The van der Waals surface area contributed by atoms with Crippen molar-refractivity contribution in [2.45, 2.75) is 57.7 Å². The van der Waals surface area contributed by atoms with E-state index in [9.17, 15) is 14.4 Å². The molecular formula is C31H32N4O4. The molecule has 1 aromatic heterocycles. The van der Waals surface area contributed by atoms with Crippen molar-refractivity contribution in [2.24, 2.45) is 0 Å². The molecule has 3 amide bonds. The number of carbonyl (C=O) groups excluding carboxylic acids is 3. The van der Waals surface area contributed by atoms with Crippen LogP contribution < -0.4 is 10.1 Å². The molecule has 3 heterocycles. The molecule has 0 bridgehead atoms. The van der Waals surface area contributed by atoms with Gasteiger partial charge in [-0.15, -0.1) is 0 Å². The molecule has 2 aromatic carbocycles. The molecule has 1 unspecified atom stereocenters. The first-order chi connectivity index (χ1) is 18.9. The van der Waals surface area contributed by atoms with Crippen LogP contribution in [-0.4, -0.2) is 57.7 Å². The van der Waals surface area contributed by atoms with Crippen molar-refractivity contribution in [1.29, 1.82) is 0 Å². The van der Waals surface area contributed by atoms with Crippen LogP contribution in [0, 0.1) is 6.92 Å². The van der Waals surface area contributed by atoms with Crippen molar-refractivity contribution in [2.75, 3.05) is 13.1 Å². The summed E-state index contributed by atoms with van der Waals surface area (Å²) in [4.78, 5) is 45.9. The maximum atomic E-state index is 13.2. The summed E-state index contributed by atoms with van der Waals surface area (Å²) in [6, 6.07) is 17.3. The lowest BCUT2D eigenvalue weighted by molar-refractivity contribution is -0.129. The number of benzene rings is 2. The van der Waals surface area contributed by atoms with Gasteiger partial charge in [0.2, 0.25) is 11.8 Å². The number of carbonyl (C=O) groups is 3. The second-order valence-electron chi connectivity index (χ2n) is 10.7. The average molecular weight is 525 g/mol. The molecule has 8 nitrogen and oxygen atoms in total. The van der Waals surface area contributed by atoms with Crippen LogP contribution >= 0.6 is 0 Å². The highest BCUT2D eigenvalue weighted by Gasteiger charge is 2.39. The number of amides is 3. The third-order valence-corrected chi connectivity index (χ3v) is 7.67. The van der Waals surface area contributed by atoms with Crippen molar-refractivity contribution in [1.82, 2.24) is 20.1 Å². The summed E-state index contributed by atoms with van der Waals surface area (Å²) < 4.78 is 6.30. The Morgan fingerprint density at radius 3 is 2.51 bits per heavy atom. The highest BCUT2D eigenvalue weighted by molar-refractivity contribution is 5.95. The van der Waals surface area contributed by atoms with Crippen molar-refractivity contribution in [3.05, 3.63) is 77.6 Å². The number of aryl methyl sites for hydroxylation is 1. The number of rotatable bonds is 8. The molecule has 3 aliphatic rings. The van der Waals surface area contributed by atoms with E-state index in [0.717, 1.165) is 41.6 Å². The van der Waals surface area contributed by atoms with Crippen LogP contribution in [0.3, 0.4) is 0 Å². The monoisotopic (exact) mass is 524 g/mol. The summed E-state index contributed by atoms with van der Waals surface area (Å²) in [6.07, 6.45) is 5.70. The molecule has 2 saturated heterocycles. The first kappa shape index (κ1) is 25.1. The van der Waals surface area contributed by atoms with Gasteiger partial charge in [-0.25, -0.2) is 0 Å². The summed E-state index contributed by atoms with van der Waals surface area (Å²) in [5.74, 6) is 1.18. The Balaban J connectivity index is 1.21. The Kier molecular flexibility index (Phi) is 6.77. The molecule has 0 spiro atoms. The van der Waals surface area contributed by atoms with Gasteiger partial charge in [-0.2, -0.15) is 0 Å². The second kappa shape index (κ2) is 10.5. The zero-order valence-corrected chi connectivity index (χ0v) is 22.1. The molecule has 39 heavy (non-hydrogen) atoms. The number of ether oxygens (including phenoxy) is 1. The van der Waals surface area contributed by atoms with Crippen LogP contribution in [0.4, 0.5) is 0 Å². The normalized spacial score (nSPS) is 19.1. The van der Waals surface area contributed by atoms with Crippen molar-refractivity contribution in [3.8, 4) is 22.6 Å². The fourth-order valence-electron chi connectivity index (χ4n) is 5.32. The Labute approximate surface area is 228 Å². The molecular weight excluding hydrogens is 492 g/mol. The lowest BCUT2D eigenvalue weighted by atomic mass is 10.1. The van der Waals surface area contributed by atoms with Crippen molar-refractivity contribution in [3.63, 3.8) is 0 Å². The van der Waals surface area contributed by atoms with E-state index in [-0.39, 0.29) is 23.8 Å². The fraction of sp³-hybridized carbons (Fsp3) is 0.355. The molecule has 2 aliphatic heterocycles. The molecule has 8 heteroatoms. The lowest BCUT2D eigenvalue weighted by Gasteiger charge is -2.20. The van der Waals surface area contributed by atoms with E-state index in [1.807, 2.05) is 65.4 Å². The zero-order chi connectivity index (χ0) is 26.9. The number of nitrogens with one attached hydrogen (secondary N) is 1. The largest absolute Gasteiger partial charge is 0.457 e. The van der Waals surface area contributed by atoms with E-state index >= 15 is 0 Å². The molecule has 3 fully saturated rings. The predicted molar refractivity (Wildman–Crippen MR) is 146 cm³/mol. The average Bonchev–Trinajstić information content (AvgIpc) is 3.60. The van der Waals surface area contributed by atoms with E-state index in [1.54, 1.807) is 12.1 Å². The molecule has 1 atom stereocenters. The van der Waals surface area contributed by atoms with Gasteiger partial charge in [0, 0.05) is 67.1 Å². The number of hydrogen-bond acceptors (Lipinski definition) is 5. The van der Waals surface area contributed by atoms with E-state index in [4.69, 9.17) is 4.74 Å². The van der Waals surface area contributed by atoms with Gasteiger partial charge in [-0.3, -0.25) is 19.4 Å². The number of pyridine rings is 1. The van der Waals surface area contributed by atoms with Gasteiger partial charge < -0.3 is 19.9 Å². The molecule has 1 aliphatic carbocycles. The first-order valence-corrected chi connectivity index (χ1v) is 13.6. The van der Waals surface area contributed by atoms with Gasteiger partial charge in [0.25, 0.3) is 5.91 Å². The van der Waals surface area contributed by atoms with Crippen molar-refractivity contribution < 1.29 is 19.1 Å². The lowest BCUT2D eigenvalue weighted by Crippen LogP contribution is -2.37. The standard InChI is InChI=1S/C31H32N4O4/c1-20-4-5-23(17-32-20)21-8-12-27(13-9-21)39-28-15-22(6-7-24(28)18-34-14-2-3-29(34)36)31(38)33-25-16-30(37)35(19-25)26-10-11-26/h4-9,12-13,15,17,25-26H,2-3,10-11,14,16,18-19H2,1H3,(H,33,38). The molecule has 1 saturated carbocycles. The SMILES string of the molecule is Cc1ccc(-c2ccc(Oc3cc(C(=O)NC4CC(=O)N(C5CC5)C4)ccc3CN3CCCC3=O)cc2)cn1. The third-order valence-electron chi connectivity index (χ3n) is 7.67. The van der Waals surface area contributed by atoms with E-state index < -0.39 is 0 Å². The van der Waals surface area contributed by atoms with Crippen LogP contribution in [0.15, 0.2) is 60.8 Å². The third kappa shape index (κ3) is 5.65. The molecule has 3 aromatic rings. The minimum atomic E-state index is -0.235. The van der Waals surface area contributed by atoms with E-state index in [2.05, 4.69) is 10.3 Å². The zero-order valence-electron chi connectivity index (χ0n) is 22.1. The first-order valence-electron chi connectivity index (χ1n) is 13.6. The molecule has 200 valence electrons. The predicted octanol–water partition coefficient (Wildman–Crippen LogP) is 4.46. The molecule has 0 radical (unpaired) electrons. The Morgan fingerprint density at radius 1 is 1.03 bits per heavy atom. The Bertz CT molecular complexity index is 1400. The molecule has 6 rings (SSSR count). The van der Waals surface area contributed by atoms with Gasteiger partial charge >= 0.3 is 0 Å². The van der Waals surface area contributed by atoms with Gasteiger partial charge in [0.15, 0.2) is 0 Å². The van der Waals surface area contributed by atoms with Gasteiger partial charge in [-0.1, -0.05) is 24.3 Å². The maximum absolute atomic E-state index is 13.2. The highest BCUT2D eigenvalue weighted by atomic mass is 16.5. The van der Waals surface area contributed by atoms with Crippen LogP contribution in [0.25, 0.3) is 11.1 Å². The summed E-state index contributed by atoms with van der Waals surface area (Å²) in [5.41, 5.74) is 4.30. The van der Waals surface area contributed by atoms with E-state index in [0.29, 0.717) is 55.6 Å². The fourth-order valence-corrected chi connectivity index (χ4v) is 5.32. The quantitative estimate of drug-likeness (QED) is 0.470. The highest BCUT2D eigenvalue weighted by Crippen LogP contribution is 2.32. The van der Waals surface area contributed by atoms with Crippen LogP contribution in [0.2, 0.25) is 0 Å². The summed E-state index contributed by atoms with van der Waals surface area (Å²) in [5, 5.41) is 3.03. The van der Waals surface area contributed by atoms with Crippen LogP contribution in [0.5, 0.6) is 11.5 Å². The van der Waals surface area contributed by atoms with E-state index in [1.165, 1.54) is 0 Å². The maximum Gasteiger partial charge on any atom is 0.251 e. The van der Waals surface area contributed by atoms with Gasteiger partial charge in [-0.05, 0) is 62.1 Å². The molecule has 1 N–H and O–H groups in total. The summed E-state index contributed by atoms with van der Waals surface area (Å²) in [7, 11) is 0. The minimum absolute atomic E-state index is 0.113. The number of aromatic nitrogens is 1. The van der Waals surface area contributed by atoms with Gasteiger partial charge in [0.05, 0.1) is 6.04 Å². The smallest absolute Gasteiger partial charge is 0.251 e. The number of nitrogens with zero attached hydrogens (tertiary/aromatic N) is 3. The second-order valence-corrected chi connectivity index (χ2v) is 10.7. The Hall–Kier alpha value is -4.20. The van der Waals surface area contributed by atoms with Crippen LogP contribution in [0.1, 0.15) is 53.7 Å². The summed E-state index contributed by atoms with van der Waals surface area (Å²) >= 11 is 0. The minimum Gasteiger partial charge on any atom is -0.457 e. The van der Waals surface area contributed by atoms with Gasteiger partial charge in [0.1, 0.15) is 11.5 Å². The number of hydrogen-bond donors (Lipinski definition) is 1. The Morgan fingerprint density at radius 2 is 1.82 bits per heavy atom. The van der Waals surface area contributed by atoms with Crippen molar-refractivity contribution >= 4 is 17.7 Å². The topological polar surface area (TPSA) is 91.8 Å². The number of likely N-dealkylation sites (tertiary alicyclic amines) is 2.